The van der Waals surface area contributed by atoms with Crippen LogP contribution in [0.3, 0.4) is 0 Å². The van der Waals surface area contributed by atoms with Gasteiger partial charge in [-0.2, -0.15) is 0 Å². The maximum atomic E-state index is 13.3. The number of sulfonamides is 1. The largest absolute Gasteiger partial charge is 0.441 e. The van der Waals surface area contributed by atoms with Gasteiger partial charge in [-0.1, -0.05) is 51.2 Å². The Morgan fingerprint density at radius 2 is 1.54 bits per heavy atom. The summed E-state index contributed by atoms with van der Waals surface area (Å²) in [6, 6.07) is 9.91. The second-order valence-electron chi connectivity index (χ2n) is 7.94. The number of unbranched alkanes of at least 4 members (excludes halogenated alkanes) is 5. The van der Waals surface area contributed by atoms with E-state index in [1.165, 1.54) is 25.1 Å². The molecule has 0 aliphatic heterocycles. The molecule has 0 heterocycles. The molecule has 0 saturated heterocycles. The van der Waals surface area contributed by atoms with Crippen LogP contribution < -0.4 is 0 Å². The van der Waals surface area contributed by atoms with E-state index in [-0.39, 0.29) is 28.4 Å². The summed E-state index contributed by atoms with van der Waals surface area (Å²) in [6.07, 6.45) is 2.79. The van der Waals surface area contributed by atoms with Crippen molar-refractivity contribution in [3.63, 3.8) is 0 Å². The van der Waals surface area contributed by atoms with Crippen molar-refractivity contribution < 1.29 is 27.8 Å². The lowest BCUT2D eigenvalue weighted by atomic mass is 10.1. The van der Waals surface area contributed by atoms with Crippen LogP contribution in [-0.4, -0.2) is 35.2 Å². The van der Waals surface area contributed by atoms with Crippen molar-refractivity contribution >= 4 is 27.5 Å². The van der Waals surface area contributed by atoms with Crippen molar-refractivity contribution in [1.29, 1.82) is 0 Å². The Morgan fingerprint density at radius 1 is 0.943 bits per heavy atom. The summed E-state index contributed by atoms with van der Waals surface area (Å²) in [6.45, 7) is 3.34. The van der Waals surface area contributed by atoms with Gasteiger partial charge in [0.1, 0.15) is 6.10 Å². The van der Waals surface area contributed by atoms with Gasteiger partial charge in [0.05, 0.1) is 20.3 Å². The summed E-state index contributed by atoms with van der Waals surface area (Å²) in [4.78, 5) is 33.7. The molecule has 0 spiro atoms. The molecular formula is C23H29N3O8S. The van der Waals surface area contributed by atoms with E-state index in [1.54, 1.807) is 6.07 Å². The van der Waals surface area contributed by atoms with Crippen LogP contribution in [-0.2, 0) is 14.8 Å². The Morgan fingerprint density at radius 3 is 2.14 bits per heavy atom. The molecule has 0 saturated carbocycles. The van der Waals surface area contributed by atoms with Crippen molar-refractivity contribution in [1.82, 2.24) is 4.31 Å². The lowest BCUT2D eigenvalue weighted by Crippen LogP contribution is -2.38. The smallest absolute Gasteiger partial charge is 0.424 e. The van der Waals surface area contributed by atoms with E-state index >= 15 is 0 Å². The third-order valence-corrected chi connectivity index (χ3v) is 7.18. The van der Waals surface area contributed by atoms with Crippen molar-refractivity contribution in [2.75, 3.05) is 6.54 Å². The van der Waals surface area contributed by atoms with Crippen LogP contribution in [0.2, 0.25) is 0 Å². The van der Waals surface area contributed by atoms with Gasteiger partial charge in [-0.15, -0.1) is 0 Å². The number of nitro groups is 2. The summed E-state index contributed by atoms with van der Waals surface area (Å²) in [5.41, 5.74) is -0.425. The molecule has 12 heteroatoms. The standard InChI is InChI=1S/C23H29N3O8S/c1-3-4-5-6-7-10-17-24(35(32,33)20-15-13-19(14-16-20)25(28)29)23(27)34-18(2)21-11-8-9-12-22(21)26(30)31/h8-9,11-16,18H,3-7,10,17H2,1-2H3. The van der Waals surface area contributed by atoms with Crippen LogP contribution in [0.25, 0.3) is 0 Å². The maximum Gasteiger partial charge on any atom is 0.424 e. The highest BCUT2D eigenvalue weighted by Crippen LogP contribution is 2.29. The zero-order valence-corrected chi connectivity index (χ0v) is 20.5. The fraction of sp³-hybridized carbons (Fsp3) is 0.435. The highest BCUT2D eigenvalue weighted by Gasteiger charge is 2.33. The van der Waals surface area contributed by atoms with Gasteiger partial charge in [-0.25, -0.2) is 17.5 Å². The third kappa shape index (κ3) is 7.47. The number of para-hydroxylation sites is 1. The van der Waals surface area contributed by atoms with Crippen molar-refractivity contribution in [2.24, 2.45) is 0 Å². The van der Waals surface area contributed by atoms with Crippen molar-refractivity contribution in [2.45, 2.75) is 63.4 Å². The van der Waals surface area contributed by atoms with E-state index < -0.39 is 32.1 Å². The number of carbonyl (C=O) groups is 1. The normalized spacial score (nSPS) is 12.1. The van der Waals surface area contributed by atoms with Crippen LogP contribution in [0.15, 0.2) is 53.4 Å². The second-order valence-corrected chi connectivity index (χ2v) is 9.80. The Labute approximate surface area is 204 Å². The molecular weight excluding hydrogens is 478 g/mol. The number of nitro benzene ring substituents is 2. The van der Waals surface area contributed by atoms with Gasteiger partial charge in [-0.3, -0.25) is 20.2 Å². The molecule has 0 aliphatic rings. The lowest BCUT2D eigenvalue weighted by Gasteiger charge is -2.24. The molecule has 2 aromatic carbocycles. The van der Waals surface area contributed by atoms with E-state index in [2.05, 4.69) is 6.92 Å². The number of non-ortho nitro benzene ring substituents is 1. The first-order chi connectivity index (χ1) is 16.6. The van der Waals surface area contributed by atoms with Crippen LogP contribution >= 0.6 is 0 Å². The monoisotopic (exact) mass is 507 g/mol. The number of nitrogens with zero attached hydrogens (tertiary/aromatic N) is 3. The van der Waals surface area contributed by atoms with E-state index in [9.17, 15) is 33.4 Å². The van der Waals surface area contributed by atoms with Gasteiger partial charge in [0.15, 0.2) is 0 Å². The molecule has 0 fully saturated rings. The predicted molar refractivity (Wildman–Crippen MR) is 128 cm³/mol. The fourth-order valence-corrected chi connectivity index (χ4v) is 4.83. The van der Waals surface area contributed by atoms with Gasteiger partial charge in [0, 0.05) is 24.7 Å². The summed E-state index contributed by atoms with van der Waals surface area (Å²) in [7, 11) is -4.39. The minimum Gasteiger partial charge on any atom is -0.441 e. The van der Waals surface area contributed by atoms with E-state index in [0.717, 1.165) is 49.9 Å². The van der Waals surface area contributed by atoms with Gasteiger partial charge in [0.2, 0.25) is 0 Å². The van der Waals surface area contributed by atoms with Crippen molar-refractivity contribution in [3.05, 3.63) is 74.3 Å². The molecule has 11 nitrogen and oxygen atoms in total. The topological polar surface area (TPSA) is 150 Å². The van der Waals surface area contributed by atoms with Crippen molar-refractivity contribution in [3.8, 4) is 0 Å². The Balaban J connectivity index is 2.28. The van der Waals surface area contributed by atoms with E-state index in [1.807, 2.05) is 0 Å². The SMILES string of the molecule is CCCCCCCCN(C(=O)OC(C)c1ccccc1[N+](=O)[O-])S(=O)(=O)c1ccc([N+](=O)[O-])cc1. The van der Waals surface area contributed by atoms with Crippen LogP contribution in [0.4, 0.5) is 16.2 Å². The van der Waals surface area contributed by atoms with Gasteiger partial charge < -0.3 is 4.74 Å². The molecule has 0 bridgehead atoms. The number of benzene rings is 2. The molecule has 1 atom stereocenters. The Bertz CT molecular complexity index is 1140. The van der Waals surface area contributed by atoms with Crippen LogP contribution in [0.1, 0.15) is 64.0 Å². The average molecular weight is 508 g/mol. The minimum absolute atomic E-state index is 0.123. The van der Waals surface area contributed by atoms with E-state index in [0.29, 0.717) is 17.1 Å². The number of ether oxygens (including phenoxy) is 1. The highest BCUT2D eigenvalue weighted by molar-refractivity contribution is 7.89. The van der Waals surface area contributed by atoms with Gasteiger partial charge >= 0.3 is 6.09 Å². The summed E-state index contributed by atoms with van der Waals surface area (Å²) < 4.78 is 32.5. The molecule has 0 aromatic heterocycles. The first-order valence-electron chi connectivity index (χ1n) is 11.3. The van der Waals surface area contributed by atoms with Crippen LogP contribution in [0.5, 0.6) is 0 Å². The molecule has 0 N–H and O–H groups in total. The number of hydrogen-bond acceptors (Lipinski definition) is 8. The van der Waals surface area contributed by atoms with Gasteiger partial charge in [-0.05, 0) is 31.5 Å². The first kappa shape index (κ1) is 27.7. The van der Waals surface area contributed by atoms with Crippen LogP contribution in [0, 0.1) is 20.2 Å². The number of carbonyl (C=O) groups excluding carboxylic acids is 1. The summed E-state index contributed by atoms with van der Waals surface area (Å²) >= 11 is 0. The second kappa shape index (κ2) is 12.8. The number of rotatable bonds is 13. The van der Waals surface area contributed by atoms with Gasteiger partial charge in [0.25, 0.3) is 21.4 Å². The molecule has 1 amide bonds. The molecule has 0 radical (unpaired) electrons. The lowest BCUT2D eigenvalue weighted by molar-refractivity contribution is -0.386. The molecule has 35 heavy (non-hydrogen) atoms. The molecule has 1 unspecified atom stereocenters. The minimum atomic E-state index is -4.39. The Hall–Kier alpha value is -3.54. The highest BCUT2D eigenvalue weighted by atomic mass is 32.2. The maximum absolute atomic E-state index is 13.3. The first-order valence-corrected chi connectivity index (χ1v) is 12.7. The molecule has 190 valence electrons. The summed E-state index contributed by atoms with van der Waals surface area (Å²) in [5.74, 6) is 0. The predicted octanol–water partition coefficient (Wildman–Crippen LogP) is 5.75. The van der Waals surface area contributed by atoms with E-state index in [4.69, 9.17) is 4.74 Å². The quantitative estimate of drug-likeness (QED) is 0.189. The third-order valence-electron chi connectivity index (χ3n) is 5.40. The number of hydrogen-bond donors (Lipinski definition) is 0. The fourth-order valence-electron chi connectivity index (χ4n) is 3.48. The zero-order valence-electron chi connectivity index (χ0n) is 19.7. The Kier molecular flexibility index (Phi) is 10.1. The molecule has 0 aliphatic carbocycles. The zero-order chi connectivity index (χ0) is 26.0. The average Bonchev–Trinajstić information content (AvgIpc) is 2.83. The number of amides is 1. The molecule has 2 aromatic rings. The summed E-state index contributed by atoms with van der Waals surface area (Å²) in [5, 5.41) is 22.2. The molecule has 2 rings (SSSR count).